The van der Waals surface area contributed by atoms with Crippen LogP contribution in [0.25, 0.3) is 11.1 Å². The van der Waals surface area contributed by atoms with Gasteiger partial charge in [0.05, 0.1) is 0 Å². The lowest BCUT2D eigenvalue weighted by molar-refractivity contribution is 0.564. The summed E-state index contributed by atoms with van der Waals surface area (Å²) in [5.74, 6) is 0.387. The molecule has 122 valence electrons. The Morgan fingerprint density at radius 3 is 2.57 bits per heavy atom. The maximum absolute atomic E-state index is 6.57. The summed E-state index contributed by atoms with van der Waals surface area (Å²) >= 11 is 19.1. The molecule has 0 fully saturated rings. The lowest BCUT2D eigenvalue weighted by atomic mass is 9.86. The number of halogens is 3. The highest BCUT2D eigenvalue weighted by Crippen LogP contribution is 2.48. The van der Waals surface area contributed by atoms with Crippen molar-refractivity contribution in [3.05, 3.63) is 51.0 Å². The van der Waals surface area contributed by atoms with E-state index in [-0.39, 0.29) is 0 Å². The Hall–Kier alpha value is -0.930. The third-order valence-electron chi connectivity index (χ3n) is 4.46. The molecule has 1 heterocycles. The quantitative estimate of drug-likeness (QED) is 0.709. The van der Waals surface area contributed by atoms with Crippen LogP contribution in [0.5, 0.6) is 0 Å². The molecule has 0 saturated heterocycles. The molecular formula is C18H19Cl3N2. The first-order valence-corrected chi connectivity index (χ1v) is 8.85. The number of hydrogen-bond acceptors (Lipinski definition) is 2. The first-order chi connectivity index (χ1) is 11.0. The largest absolute Gasteiger partial charge is 0.382 e. The van der Waals surface area contributed by atoms with Crippen molar-refractivity contribution in [1.82, 2.24) is 5.32 Å². The van der Waals surface area contributed by atoms with Crippen molar-refractivity contribution < 1.29 is 0 Å². The van der Waals surface area contributed by atoms with Gasteiger partial charge in [-0.3, -0.25) is 0 Å². The Labute approximate surface area is 152 Å². The van der Waals surface area contributed by atoms with Crippen LogP contribution in [0.15, 0.2) is 30.3 Å². The first-order valence-electron chi connectivity index (χ1n) is 7.72. The number of anilines is 1. The number of fused-ring (bicyclic) bond motifs is 1. The molecule has 2 unspecified atom stereocenters. The van der Waals surface area contributed by atoms with Gasteiger partial charge < -0.3 is 10.6 Å². The van der Waals surface area contributed by atoms with Crippen molar-refractivity contribution in [3.8, 4) is 11.1 Å². The standard InChI is InChI=1S/C18H19Cl3N2/c1-10-12(7-8-22-2)18-16(23-10)6-5-14(20)17(18)13-4-3-11(19)9-15(13)21/h3-6,9-10,12,22-23H,7-8H2,1-2H3. The molecule has 2 nitrogen and oxygen atoms in total. The number of benzene rings is 2. The highest BCUT2D eigenvalue weighted by molar-refractivity contribution is 6.38. The maximum Gasteiger partial charge on any atom is 0.0499 e. The Balaban J connectivity index is 2.17. The second kappa shape index (κ2) is 6.90. The topological polar surface area (TPSA) is 24.1 Å². The molecule has 1 aliphatic rings. The summed E-state index contributed by atoms with van der Waals surface area (Å²) in [6.45, 7) is 3.16. The van der Waals surface area contributed by atoms with Gasteiger partial charge in [-0.15, -0.1) is 0 Å². The van der Waals surface area contributed by atoms with Crippen LogP contribution in [0, 0.1) is 0 Å². The summed E-state index contributed by atoms with van der Waals surface area (Å²) in [7, 11) is 1.98. The van der Waals surface area contributed by atoms with Crippen LogP contribution >= 0.6 is 34.8 Å². The van der Waals surface area contributed by atoms with E-state index in [1.54, 1.807) is 6.07 Å². The Bertz CT molecular complexity index is 730. The predicted octanol–water partition coefficient (Wildman–Crippen LogP) is 5.82. The van der Waals surface area contributed by atoms with Crippen molar-refractivity contribution in [1.29, 1.82) is 0 Å². The van der Waals surface area contributed by atoms with Crippen LogP contribution in [-0.2, 0) is 0 Å². The molecule has 5 heteroatoms. The van der Waals surface area contributed by atoms with E-state index < -0.39 is 0 Å². The summed E-state index contributed by atoms with van der Waals surface area (Å²) in [4.78, 5) is 0. The van der Waals surface area contributed by atoms with Crippen molar-refractivity contribution in [3.63, 3.8) is 0 Å². The van der Waals surface area contributed by atoms with E-state index in [1.165, 1.54) is 5.56 Å². The van der Waals surface area contributed by atoms with E-state index in [0.717, 1.165) is 34.8 Å². The minimum Gasteiger partial charge on any atom is -0.382 e. The molecule has 2 aromatic rings. The van der Waals surface area contributed by atoms with Crippen LogP contribution in [0.4, 0.5) is 5.69 Å². The number of hydrogen-bond donors (Lipinski definition) is 2. The molecule has 0 spiro atoms. The summed E-state index contributed by atoms with van der Waals surface area (Å²) in [5.41, 5.74) is 4.35. The van der Waals surface area contributed by atoms with Gasteiger partial charge in [0.15, 0.2) is 0 Å². The fourth-order valence-corrected chi connectivity index (χ4v) is 4.13. The van der Waals surface area contributed by atoms with Crippen molar-refractivity contribution in [2.24, 2.45) is 0 Å². The molecule has 0 aliphatic carbocycles. The molecule has 23 heavy (non-hydrogen) atoms. The van der Waals surface area contributed by atoms with Crippen LogP contribution in [0.2, 0.25) is 15.1 Å². The molecule has 0 radical (unpaired) electrons. The van der Waals surface area contributed by atoms with Crippen molar-refractivity contribution in [2.75, 3.05) is 18.9 Å². The fraction of sp³-hybridized carbons (Fsp3) is 0.333. The summed E-state index contributed by atoms with van der Waals surface area (Å²) in [5, 5.41) is 8.77. The lowest BCUT2D eigenvalue weighted by Gasteiger charge is -2.20. The molecule has 2 aromatic carbocycles. The van der Waals surface area contributed by atoms with Gasteiger partial charge >= 0.3 is 0 Å². The minimum absolute atomic E-state index is 0.363. The smallest absolute Gasteiger partial charge is 0.0499 e. The molecule has 0 amide bonds. The summed E-state index contributed by atoms with van der Waals surface area (Å²) in [6, 6.07) is 9.92. The normalized spacial score (nSPS) is 19.5. The van der Waals surface area contributed by atoms with Gasteiger partial charge in [-0.05, 0) is 56.8 Å². The molecule has 0 saturated carbocycles. The minimum atomic E-state index is 0.363. The number of nitrogens with one attached hydrogen (secondary N) is 2. The average Bonchev–Trinajstić information content (AvgIpc) is 2.82. The Kier molecular flexibility index (Phi) is 5.07. The molecule has 2 atom stereocenters. The van der Waals surface area contributed by atoms with Crippen LogP contribution < -0.4 is 10.6 Å². The van der Waals surface area contributed by atoms with Gasteiger partial charge in [-0.25, -0.2) is 0 Å². The second-order valence-electron chi connectivity index (χ2n) is 5.94. The van der Waals surface area contributed by atoms with E-state index in [2.05, 4.69) is 23.6 Å². The zero-order valence-corrected chi connectivity index (χ0v) is 15.4. The van der Waals surface area contributed by atoms with Gasteiger partial charge in [0, 0.05) is 43.8 Å². The molecule has 0 bridgehead atoms. The monoisotopic (exact) mass is 368 g/mol. The van der Waals surface area contributed by atoms with Gasteiger partial charge in [-0.1, -0.05) is 40.9 Å². The second-order valence-corrected chi connectivity index (χ2v) is 7.19. The van der Waals surface area contributed by atoms with E-state index in [4.69, 9.17) is 34.8 Å². The fourth-order valence-electron chi connectivity index (χ4n) is 3.36. The van der Waals surface area contributed by atoms with Crippen LogP contribution in [-0.4, -0.2) is 19.6 Å². The van der Waals surface area contributed by atoms with Gasteiger partial charge in [0.1, 0.15) is 0 Å². The van der Waals surface area contributed by atoms with E-state index in [1.807, 2.05) is 25.2 Å². The zero-order chi connectivity index (χ0) is 16.6. The van der Waals surface area contributed by atoms with E-state index >= 15 is 0 Å². The van der Waals surface area contributed by atoms with Gasteiger partial charge in [0.2, 0.25) is 0 Å². The molecular weight excluding hydrogens is 351 g/mol. The van der Waals surface area contributed by atoms with E-state index in [0.29, 0.717) is 22.0 Å². The highest BCUT2D eigenvalue weighted by Gasteiger charge is 2.32. The lowest BCUT2D eigenvalue weighted by Crippen LogP contribution is -2.20. The molecule has 0 aromatic heterocycles. The Morgan fingerprint density at radius 2 is 1.87 bits per heavy atom. The number of rotatable bonds is 4. The predicted molar refractivity (Wildman–Crippen MR) is 101 cm³/mol. The first kappa shape index (κ1) is 16.9. The summed E-state index contributed by atoms with van der Waals surface area (Å²) in [6.07, 6.45) is 1.04. The van der Waals surface area contributed by atoms with Crippen molar-refractivity contribution >= 4 is 40.5 Å². The molecule has 3 rings (SSSR count). The summed E-state index contributed by atoms with van der Waals surface area (Å²) < 4.78 is 0. The average molecular weight is 370 g/mol. The zero-order valence-electron chi connectivity index (χ0n) is 13.1. The van der Waals surface area contributed by atoms with Crippen molar-refractivity contribution in [2.45, 2.75) is 25.3 Å². The van der Waals surface area contributed by atoms with Gasteiger partial charge in [-0.2, -0.15) is 0 Å². The molecule has 1 aliphatic heterocycles. The maximum atomic E-state index is 6.57. The van der Waals surface area contributed by atoms with Crippen LogP contribution in [0.3, 0.4) is 0 Å². The Morgan fingerprint density at radius 1 is 1.09 bits per heavy atom. The highest BCUT2D eigenvalue weighted by atomic mass is 35.5. The molecule has 2 N–H and O–H groups in total. The third kappa shape index (κ3) is 3.18. The van der Waals surface area contributed by atoms with Crippen LogP contribution in [0.1, 0.15) is 24.8 Å². The van der Waals surface area contributed by atoms with Gasteiger partial charge in [0.25, 0.3) is 0 Å². The SMILES string of the molecule is CNCCC1c2c(ccc(Cl)c2-c2ccc(Cl)cc2Cl)NC1C. The third-order valence-corrected chi connectivity index (χ3v) is 5.32. The van der Waals surface area contributed by atoms with E-state index in [9.17, 15) is 0 Å².